The van der Waals surface area contributed by atoms with Gasteiger partial charge in [-0.3, -0.25) is 0 Å². The average molecular weight is 278 g/mol. The van der Waals surface area contributed by atoms with E-state index in [1.54, 1.807) is 13.3 Å². The molecule has 0 fully saturated rings. The fourth-order valence-electron chi connectivity index (χ4n) is 2.35. The lowest BCUT2D eigenvalue weighted by atomic mass is 10.0. The quantitative estimate of drug-likeness (QED) is 0.717. The normalized spacial score (nSPS) is 11.8. The number of ether oxygens (including phenoxy) is 1. The van der Waals surface area contributed by atoms with E-state index in [1.165, 1.54) is 21.9 Å². The Labute approximate surface area is 124 Å². The number of nitrogens with zero attached hydrogens (tertiary/aromatic N) is 2. The summed E-state index contributed by atoms with van der Waals surface area (Å²) in [6.07, 6.45) is 7.81. The number of allylic oxidation sites excluding steroid dienone is 2. The third-order valence-electron chi connectivity index (χ3n) is 3.67. The molecule has 1 aromatic heterocycles. The third kappa shape index (κ3) is 2.97. The van der Waals surface area contributed by atoms with E-state index in [0.29, 0.717) is 0 Å². The number of imidazole rings is 1. The Hall–Kier alpha value is -2.55. The van der Waals surface area contributed by atoms with E-state index < -0.39 is 0 Å². The second-order valence-corrected chi connectivity index (χ2v) is 5.07. The van der Waals surface area contributed by atoms with Gasteiger partial charge in [0.15, 0.2) is 0 Å². The van der Waals surface area contributed by atoms with Gasteiger partial charge in [0.05, 0.1) is 13.4 Å². The van der Waals surface area contributed by atoms with Crippen molar-refractivity contribution < 1.29 is 4.74 Å². The molecule has 3 heteroatoms. The van der Waals surface area contributed by atoms with E-state index in [1.807, 2.05) is 18.6 Å². The number of benzene rings is 2. The zero-order valence-corrected chi connectivity index (χ0v) is 12.3. The van der Waals surface area contributed by atoms with Crippen LogP contribution in [0.5, 0.6) is 5.75 Å². The average Bonchev–Trinajstić information content (AvgIpc) is 3.05. The maximum absolute atomic E-state index is 5.26. The number of rotatable bonds is 4. The van der Waals surface area contributed by atoms with Gasteiger partial charge < -0.3 is 9.30 Å². The molecular formula is C18H18N2O. The molecule has 0 unspecified atom stereocenters. The van der Waals surface area contributed by atoms with Crippen LogP contribution >= 0.6 is 0 Å². The summed E-state index contributed by atoms with van der Waals surface area (Å²) in [6.45, 7) is 2.98. The first-order valence-corrected chi connectivity index (χ1v) is 6.97. The second-order valence-electron chi connectivity index (χ2n) is 5.07. The van der Waals surface area contributed by atoms with E-state index in [0.717, 1.165) is 12.3 Å². The highest BCUT2D eigenvalue weighted by atomic mass is 16.5. The number of fused-ring (bicyclic) bond motifs is 1. The van der Waals surface area contributed by atoms with Crippen LogP contribution in [0.4, 0.5) is 0 Å². The molecule has 0 spiro atoms. The van der Waals surface area contributed by atoms with Gasteiger partial charge in [0.2, 0.25) is 0 Å². The molecule has 0 bridgehead atoms. The van der Waals surface area contributed by atoms with Gasteiger partial charge in [-0.05, 0) is 47.0 Å². The molecule has 3 aromatic rings. The highest BCUT2D eigenvalue weighted by Crippen LogP contribution is 2.24. The van der Waals surface area contributed by atoms with Crippen molar-refractivity contribution in [3.05, 3.63) is 66.8 Å². The monoisotopic (exact) mass is 278 g/mol. The van der Waals surface area contributed by atoms with Crippen molar-refractivity contribution in [2.75, 3.05) is 7.11 Å². The van der Waals surface area contributed by atoms with E-state index in [-0.39, 0.29) is 0 Å². The van der Waals surface area contributed by atoms with Crippen molar-refractivity contribution >= 4 is 16.3 Å². The highest BCUT2D eigenvalue weighted by molar-refractivity contribution is 5.87. The fourth-order valence-corrected chi connectivity index (χ4v) is 2.35. The molecule has 0 aliphatic carbocycles. The molecule has 0 saturated heterocycles. The van der Waals surface area contributed by atoms with Crippen molar-refractivity contribution in [3.63, 3.8) is 0 Å². The van der Waals surface area contributed by atoms with Gasteiger partial charge in [0.1, 0.15) is 5.75 Å². The van der Waals surface area contributed by atoms with E-state index in [4.69, 9.17) is 4.74 Å². The number of methoxy groups -OCH3 is 1. The van der Waals surface area contributed by atoms with Crippen molar-refractivity contribution in [3.8, 4) is 5.75 Å². The largest absolute Gasteiger partial charge is 0.497 e. The Kier molecular flexibility index (Phi) is 3.73. The molecule has 3 nitrogen and oxygen atoms in total. The van der Waals surface area contributed by atoms with E-state index >= 15 is 0 Å². The lowest BCUT2D eigenvalue weighted by Crippen LogP contribution is -1.91. The molecule has 0 radical (unpaired) electrons. The summed E-state index contributed by atoms with van der Waals surface area (Å²) in [5.74, 6) is 0.891. The summed E-state index contributed by atoms with van der Waals surface area (Å²) in [5.41, 5.74) is 2.51. The topological polar surface area (TPSA) is 27.1 Å². The van der Waals surface area contributed by atoms with Crippen molar-refractivity contribution in [2.45, 2.75) is 13.5 Å². The predicted molar refractivity (Wildman–Crippen MR) is 86.4 cm³/mol. The molecule has 3 rings (SSSR count). The molecule has 0 amide bonds. The van der Waals surface area contributed by atoms with Crippen molar-refractivity contribution in [1.82, 2.24) is 9.55 Å². The van der Waals surface area contributed by atoms with Crippen LogP contribution in [0.15, 0.2) is 61.2 Å². The number of hydrogen-bond donors (Lipinski definition) is 0. The lowest BCUT2D eigenvalue weighted by Gasteiger charge is -2.07. The summed E-state index contributed by atoms with van der Waals surface area (Å²) >= 11 is 0. The van der Waals surface area contributed by atoms with Crippen LogP contribution in [0.1, 0.15) is 12.5 Å². The maximum atomic E-state index is 5.26. The maximum Gasteiger partial charge on any atom is 0.119 e. The van der Waals surface area contributed by atoms with Gasteiger partial charge >= 0.3 is 0 Å². The Morgan fingerprint density at radius 1 is 1.19 bits per heavy atom. The van der Waals surface area contributed by atoms with Gasteiger partial charge in [-0.15, -0.1) is 0 Å². The SMILES string of the molecule is COc1ccc2cc(C(C)=CCn3ccnc3)ccc2c1. The predicted octanol–water partition coefficient (Wildman–Crippen LogP) is 4.15. The van der Waals surface area contributed by atoms with Crippen LogP contribution in [0.2, 0.25) is 0 Å². The molecule has 106 valence electrons. The minimum absolute atomic E-state index is 0.840. The first-order chi connectivity index (χ1) is 10.3. The Morgan fingerprint density at radius 3 is 2.76 bits per heavy atom. The van der Waals surface area contributed by atoms with E-state index in [9.17, 15) is 0 Å². The molecular weight excluding hydrogens is 260 g/mol. The minimum atomic E-state index is 0.840. The van der Waals surface area contributed by atoms with Gasteiger partial charge in [-0.1, -0.05) is 24.3 Å². The molecule has 0 atom stereocenters. The minimum Gasteiger partial charge on any atom is -0.497 e. The molecule has 21 heavy (non-hydrogen) atoms. The van der Waals surface area contributed by atoms with Crippen LogP contribution < -0.4 is 4.74 Å². The molecule has 0 N–H and O–H groups in total. The lowest BCUT2D eigenvalue weighted by molar-refractivity contribution is 0.415. The van der Waals surface area contributed by atoms with Crippen LogP contribution in [-0.2, 0) is 6.54 Å². The third-order valence-corrected chi connectivity index (χ3v) is 3.67. The summed E-state index contributed by atoms with van der Waals surface area (Å²) in [5, 5.41) is 2.42. The molecule has 0 aliphatic rings. The number of aromatic nitrogens is 2. The van der Waals surface area contributed by atoms with Gasteiger partial charge in [-0.25, -0.2) is 4.98 Å². The van der Waals surface area contributed by atoms with E-state index in [2.05, 4.69) is 52.9 Å². The molecule has 2 aromatic carbocycles. The van der Waals surface area contributed by atoms with Gasteiger partial charge in [0, 0.05) is 18.9 Å². The fraction of sp³-hybridized carbons (Fsp3) is 0.167. The summed E-state index contributed by atoms with van der Waals surface area (Å²) < 4.78 is 7.31. The van der Waals surface area contributed by atoms with Crippen molar-refractivity contribution in [1.29, 1.82) is 0 Å². The summed E-state index contributed by atoms with van der Waals surface area (Å²) in [4.78, 5) is 4.05. The zero-order chi connectivity index (χ0) is 14.7. The van der Waals surface area contributed by atoms with Crippen molar-refractivity contribution in [2.24, 2.45) is 0 Å². The highest BCUT2D eigenvalue weighted by Gasteiger charge is 2.00. The van der Waals surface area contributed by atoms with Crippen LogP contribution in [0.3, 0.4) is 0 Å². The van der Waals surface area contributed by atoms with Gasteiger partial charge in [0.25, 0.3) is 0 Å². The molecule has 0 saturated carbocycles. The molecule has 0 aliphatic heterocycles. The smallest absolute Gasteiger partial charge is 0.119 e. The Bertz CT molecular complexity index is 773. The van der Waals surface area contributed by atoms with Crippen LogP contribution in [0, 0.1) is 0 Å². The zero-order valence-electron chi connectivity index (χ0n) is 12.3. The Morgan fingerprint density at radius 2 is 2.00 bits per heavy atom. The first kappa shape index (κ1) is 13.4. The standard InChI is InChI=1S/C18H18N2O/c1-14(7-9-20-10-8-19-13-20)15-3-4-17-12-18(21-2)6-5-16(17)11-15/h3-8,10-13H,9H2,1-2H3. The molecule has 1 heterocycles. The van der Waals surface area contributed by atoms with Gasteiger partial charge in [-0.2, -0.15) is 0 Å². The number of hydrogen-bond acceptors (Lipinski definition) is 2. The second kappa shape index (κ2) is 5.83. The first-order valence-electron chi connectivity index (χ1n) is 6.97. The Balaban J connectivity index is 1.88. The van der Waals surface area contributed by atoms with Crippen LogP contribution in [0.25, 0.3) is 16.3 Å². The summed E-state index contributed by atoms with van der Waals surface area (Å²) in [6, 6.07) is 12.7. The van der Waals surface area contributed by atoms with Crippen LogP contribution in [-0.4, -0.2) is 16.7 Å². The summed E-state index contributed by atoms with van der Waals surface area (Å²) in [7, 11) is 1.69.